The molecule has 0 aliphatic heterocycles. The minimum absolute atomic E-state index is 0.200. The van der Waals surface area contributed by atoms with Crippen LogP contribution in [-0.2, 0) is 11.2 Å². The lowest BCUT2D eigenvalue weighted by Gasteiger charge is -2.36. The summed E-state index contributed by atoms with van der Waals surface area (Å²) in [4.78, 5) is 16.5. The number of hydrogen-bond acceptors (Lipinski definition) is 2. The summed E-state index contributed by atoms with van der Waals surface area (Å²) in [5, 5.41) is 3.15. The number of carbonyl (C=O) groups is 1. The molecule has 0 aromatic carbocycles. The van der Waals surface area contributed by atoms with E-state index in [1.807, 2.05) is 12.1 Å². The Bertz CT molecular complexity index is 444. The first-order chi connectivity index (χ1) is 10.1. The molecule has 116 valence electrons. The summed E-state index contributed by atoms with van der Waals surface area (Å²) in [7, 11) is 0. The molecule has 1 aromatic rings. The van der Waals surface area contributed by atoms with Crippen LogP contribution < -0.4 is 5.32 Å². The Kier molecular flexibility index (Phi) is 5.77. The Labute approximate surface area is 128 Å². The number of pyridine rings is 1. The van der Waals surface area contributed by atoms with E-state index in [1.54, 1.807) is 12.4 Å². The average Bonchev–Trinajstić information content (AvgIpc) is 2.47. The van der Waals surface area contributed by atoms with Crippen molar-refractivity contribution in [1.82, 2.24) is 10.3 Å². The molecule has 1 saturated carbocycles. The van der Waals surface area contributed by atoms with Gasteiger partial charge in [0.1, 0.15) is 0 Å². The zero-order chi connectivity index (χ0) is 15.2. The van der Waals surface area contributed by atoms with E-state index in [0.29, 0.717) is 17.8 Å². The molecule has 3 heteroatoms. The molecule has 1 aliphatic rings. The summed E-state index contributed by atoms with van der Waals surface area (Å²) < 4.78 is 0. The molecule has 3 nitrogen and oxygen atoms in total. The SMILES string of the molecule is CC1CCC(C(C)C)C(C(=O)NCCc2ccncc2)C1. The zero-order valence-electron chi connectivity index (χ0n) is 13.5. The normalized spacial score (nSPS) is 25.8. The van der Waals surface area contributed by atoms with Crippen LogP contribution >= 0.6 is 0 Å². The Morgan fingerprint density at radius 2 is 2.05 bits per heavy atom. The second-order valence-corrected chi connectivity index (χ2v) is 6.83. The fourth-order valence-electron chi connectivity index (χ4n) is 3.51. The quantitative estimate of drug-likeness (QED) is 0.901. The number of aromatic nitrogens is 1. The summed E-state index contributed by atoms with van der Waals surface area (Å²) >= 11 is 0. The van der Waals surface area contributed by atoms with Crippen LogP contribution in [0.3, 0.4) is 0 Å². The van der Waals surface area contributed by atoms with Gasteiger partial charge in [0.25, 0.3) is 0 Å². The van der Waals surface area contributed by atoms with Gasteiger partial charge in [0.2, 0.25) is 5.91 Å². The summed E-state index contributed by atoms with van der Waals surface area (Å²) in [5.74, 6) is 2.27. The van der Waals surface area contributed by atoms with E-state index in [-0.39, 0.29) is 11.8 Å². The fourth-order valence-corrected chi connectivity index (χ4v) is 3.51. The van der Waals surface area contributed by atoms with Crippen molar-refractivity contribution in [1.29, 1.82) is 0 Å². The summed E-state index contributed by atoms with van der Waals surface area (Å²) in [6.45, 7) is 7.49. The molecule has 1 aromatic heterocycles. The predicted molar refractivity (Wildman–Crippen MR) is 85.8 cm³/mol. The molecule has 21 heavy (non-hydrogen) atoms. The maximum atomic E-state index is 12.5. The number of rotatable bonds is 5. The first-order valence-electron chi connectivity index (χ1n) is 8.24. The highest BCUT2D eigenvalue weighted by molar-refractivity contribution is 5.79. The van der Waals surface area contributed by atoms with Crippen molar-refractivity contribution in [3.05, 3.63) is 30.1 Å². The number of amides is 1. The van der Waals surface area contributed by atoms with E-state index in [2.05, 4.69) is 31.1 Å². The van der Waals surface area contributed by atoms with Crippen molar-refractivity contribution in [3.63, 3.8) is 0 Å². The Hall–Kier alpha value is -1.38. The van der Waals surface area contributed by atoms with Gasteiger partial charge in [-0.25, -0.2) is 0 Å². The minimum Gasteiger partial charge on any atom is -0.356 e. The molecular formula is C18H28N2O. The van der Waals surface area contributed by atoms with Gasteiger partial charge in [0.15, 0.2) is 0 Å². The summed E-state index contributed by atoms with van der Waals surface area (Å²) in [5.41, 5.74) is 1.22. The van der Waals surface area contributed by atoms with E-state index in [1.165, 1.54) is 18.4 Å². The van der Waals surface area contributed by atoms with Crippen LogP contribution in [0.25, 0.3) is 0 Å². The molecule has 2 rings (SSSR count). The molecule has 3 unspecified atom stereocenters. The highest BCUT2D eigenvalue weighted by Gasteiger charge is 2.35. The lowest BCUT2D eigenvalue weighted by atomic mass is 9.70. The molecule has 1 N–H and O–H groups in total. The van der Waals surface area contributed by atoms with E-state index in [4.69, 9.17) is 0 Å². The predicted octanol–water partition coefficient (Wildman–Crippen LogP) is 3.45. The van der Waals surface area contributed by atoms with Gasteiger partial charge in [-0.3, -0.25) is 9.78 Å². The molecular weight excluding hydrogens is 260 g/mol. The fraction of sp³-hybridized carbons (Fsp3) is 0.667. The number of nitrogens with one attached hydrogen (secondary N) is 1. The second-order valence-electron chi connectivity index (χ2n) is 6.83. The van der Waals surface area contributed by atoms with Crippen LogP contribution in [0, 0.1) is 23.7 Å². The number of hydrogen-bond donors (Lipinski definition) is 1. The maximum absolute atomic E-state index is 12.5. The summed E-state index contributed by atoms with van der Waals surface area (Å²) in [6, 6.07) is 4.01. The molecule has 1 amide bonds. The number of nitrogens with zero attached hydrogens (tertiary/aromatic N) is 1. The second kappa shape index (κ2) is 7.58. The first-order valence-corrected chi connectivity index (χ1v) is 8.24. The number of carbonyl (C=O) groups excluding carboxylic acids is 1. The van der Waals surface area contributed by atoms with Crippen LogP contribution in [-0.4, -0.2) is 17.4 Å². The molecule has 3 atom stereocenters. The van der Waals surface area contributed by atoms with Crippen molar-refractivity contribution in [2.75, 3.05) is 6.54 Å². The zero-order valence-corrected chi connectivity index (χ0v) is 13.5. The van der Waals surface area contributed by atoms with Crippen molar-refractivity contribution >= 4 is 5.91 Å². The van der Waals surface area contributed by atoms with E-state index >= 15 is 0 Å². The molecule has 0 radical (unpaired) electrons. The highest BCUT2D eigenvalue weighted by atomic mass is 16.1. The van der Waals surface area contributed by atoms with E-state index in [0.717, 1.165) is 19.4 Å². The maximum Gasteiger partial charge on any atom is 0.223 e. The Morgan fingerprint density at radius 1 is 1.33 bits per heavy atom. The smallest absolute Gasteiger partial charge is 0.223 e. The van der Waals surface area contributed by atoms with E-state index < -0.39 is 0 Å². The third-order valence-electron chi connectivity index (χ3n) is 4.82. The van der Waals surface area contributed by atoms with Crippen molar-refractivity contribution in [3.8, 4) is 0 Å². The van der Waals surface area contributed by atoms with E-state index in [9.17, 15) is 4.79 Å². The van der Waals surface area contributed by atoms with Gasteiger partial charge in [-0.2, -0.15) is 0 Å². The van der Waals surface area contributed by atoms with Crippen molar-refractivity contribution in [2.45, 2.75) is 46.5 Å². The average molecular weight is 288 g/mol. The topological polar surface area (TPSA) is 42.0 Å². The third-order valence-corrected chi connectivity index (χ3v) is 4.82. The highest BCUT2D eigenvalue weighted by Crippen LogP contribution is 2.38. The van der Waals surface area contributed by atoms with Crippen molar-refractivity contribution in [2.24, 2.45) is 23.7 Å². The lowest BCUT2D eigenvalue weighted by molar-refractivity contribution is -0.129. The van der Waals surface area contributed by atoms with Gasteiger partial charge in [0, 0.05) is 24.9 Å². The molecule has 0 bridgehead atoms. The van der Waals surface area contributed by atoms with Gasteiger partial charge in [0.05, 0.1) is 0 Å². The lowest BCUT2D eigenvalue weighted by Crippen LogP contribution is -2.40. The van der Waals surface area contributed by atoms with Gasteiger partial charge in [-0.15, -0.1) is 0 Å². The van der Waals surface area contributed by atoms with Crippen molar-refractivity contribution < 1.29 is 4.79 Å². The minimum atomic E-state index is 0.200. The summed E-state index contributed by atoms with van der Waals surface area (Å²) in [6.07, 6.45) is 7.99. The van der Waals surface area contributed by atoms with Crippen LogP contribution in [0.5, 0.6) is 0 Å². The third kappa shape index (κ3) is 4.55. The first kappa shape index (κ1) is 16.0. The standard InChI is InChI=1S/C18H28N2O/c1-13(2)16-5-4-14(3)12-17(16)18(21)20-11-8-15-6-9-19-10-7-15/h6-7,9-10,13-14,16-17H,4-5,8,11-12H2,1-3H3,(H,20,21). The molecule has 1 heterocycles. The van der Waals surface area contributed by atoms with Crippen LogP contribution in [0.4, 0.5) is 0 Å². The Balaban J connectivity index is 1.85. The van der Waals surface area contributed by atoms with Gasteiger partial charge in [-0.05, 0) is 54.7 Å². The molecule has 0 saturated heterocycles. The van der Waals surface area contributed by atoms with Crippen LogP contribution in [0.15, 0.2) is 24.5 Å². The molecule has 1 aliphatic carbocycles. The molecule has 1 fully saturated rings. The van der Waals surface area contributed by atoms with Gasteiger partial charge in [-0.1, -0.05) is 27.2 Å². The van der Waals surface area contributed by atoms with Gasteiger partial charge >= 0.3 is 0 Å². The monoisotopic (exact) mass is 288 g/mol. The van der Waals surface area contributed by atoms with Crippen LogP contribution in [0.1, 0.15) is 45.6 Å². The van der Waals surface area contributed by atoms with Crippen LogP contribution in [0.2, 0.25) is 0 Å². The molecule has 0 spiro atoms. The largest absolute Gasteiger partial charge is 0.356 e. The Morgan fingerprint density at radius 3 is 2.71 bits per heavy atom. The van der Waals surface area contributed by atoms with Gasteiger partial charge < -0.3 is 5.32 Å².